The molecule has 0 saturated heterocycles. The molecule has 0 radical (unpaired) electrons. The molecule has 0 aliphatic rings. The number of halogens is 1. The number of aromatic nitrogens is 2. The normalized spacial score (nSPS) is 10.6. The zero-order valence-corrected chi connectivity index (χ0v) is 14.7. The van der Waals surface area contributed by atoms with E-state index in [1.54, 1.807) is 61.1 Å². The molecule has 2 aromatic carbocycles. The number of carbonyl (C=O) groups is 2. The van der Waals surface area contributed by atoms with Gasteiger partial charge >= 0.3 is 0 Å². The van der Waals surface area contributed by atoms with Crippen LogP contribution in [-0.4, -0.2) is 21.5 Å². The van der Waals surface area contributed by atoms with Crippen LogP contribution in [-0.2, 0) is 7.05 Å². The van der Waals surface area contributed by atoms with Gasteiger partial charge in [0.15, 0.2) is 11.5 Å². The Morgan fingerprint density at radius 1 is 1.12 bits per heavy atom. The van der Waals surface area contributed by atoms with Crippen LogP contribution in [0.4, 0.5) is 10.1 Å². The summed E-state index contributed by atoms with van der Waals surface area (Å²) in [7, 11) is 1.72. The maximum atomic E-state index is 13.5. The maximum Gasteiger partial charge on any atom is 0.276 e. The SMILES string of the molecule is CC(=O)c1cccc(NC(=O)c2cc(-c3ccc(F)c(C)c3)n(C)n2)c1. The van der Waals surface area contributed by atoms with Crippen molar-refractivity contribution in [2.24, 2.45) is 7.05 Å². The fourth-order valence-corrected chi connectivity index (χ4v) is 2.66. The van der Waals surface area contributed by atoms with E-state index < -0.39 is 0 Å². The minimum absolute atomic E-state index is 0.0760. The van der Waals surface area contributed by atoms with Gasteiger partial charge in [-0.1, -0.05) is 12.1 Å². The largest absolute Gasteiger partial charge is 0.321 e. The molecule has 0 bridgehead atoms. The average molecular weight is 351 g/mol. The zero-order valence-electron chi connectivity index (χ0n) is 14.7. The monoisotopic (exact) mass is 351 g/mol. The highest BCUT2D eigenvalue weighted by molar-refractivity contribution is 6.04. The molecule has 0 atom stereocenters. The van der Waals surface area contributed by atoms with Crippen LogP contribution in [0, 0.1) is 12.7 Å². The van der Waals surface area contributed by atoms with E-state index in [2.05, 4.69) is 10.4 Å². The van der Waals surface area contributed by atoms with Crippen LogP contribution >= 0.6 is 0 Å². The minimum Gasteiger partial charge on any atom is -0.321 e. The Labute approximate surface area is 150 Å². The number of hydrogen-bond donors (Lipinski definition) is 1. The summed E-state index contributed by atoms with van der Waals surface area (Å²) in [6.45, 7) is 3.15. The summed E-state index contributed by atoms with van der Waals surface area (Å²) in [6.07, 6.45) is 0. The van der Waals surface area contributed by atoms with E-state index in [1.165, 1.54) is 13.0 Å². The minimum atomic E-state index is -0.383. The van der Waals surface area contributed by atoms with Crippen LogP contribution in [0.2, 0.25) is 0 Å². The number of Topliss-reactive ketones (excluding diaryl/α,β-unsaturated/α-hetero) is 1. The molecular weight excluding hydrogens is 333 g/mol. The average Bonchev–Trinajstić information content (AvgIpc) is 2.99. The third-order valence-corrected chi connectivity index (χ3v) is 4.09. The van der Waals surface area contributed by atoms with Crippen molar-refractivity contribution in [1.29, 1.82) is 0 Å². The van der Waals surface area contributed by atoms with E-state index >= 15 is 0 Å². The van der Waals surface area contributed by atoms with Gasteiger partial charge in [0, 0.05) is 23.9 Å². The van der Waals surface area contributed by atoms with E-state index in [1.807, 2.05) is 0 Å². The lowest BCUT2D eigenvalue weighted by molar-refractivity contribution is 0.100. The van der Waals surface area contributed by atoms with Crippen molar-refractivity contribution < 1.29 is 14.0 Å². The molecule has 1 heterocycles. The molecule has 0 aliphatic carbocycles. The first kappa shape index (κ1) is 17.5. The molecule has 26 heavy (non-hydrogen) atoms. The number of amides is 1. The van der Waals surface area contributed by atoms with Crippen molar-refractivity contribution in [3.05, 3.63) is 71.2 Å². The fourth-order valence-electron chi connectivity index (χ4n) is 2.66. The van der Waals surface area contributed by atoms with Gasteiger partial charge in [-0.05, 0) is 55.8 Å². The summed E-state index contributed by atoms with van der Waals surface area (Å²) < 4.78 is 15.0. The topological polar surface area (TPSA) is 64.0 Å². The highest BCUT2D eigenvalue weighted by atomic mass is 19.1. The highest BCUT2D eigenvalue weighted by Crippen LogP contribution is 2.23. The predicted octanol–water partition coefficient (Wildman–Crippen LogP) is 3.99. The van der Waals surface area contributed by atoms with E-state index in [9.17, 15) is 14.0 Å². The molecule has 1 N–H and O–H groups in total. The van der Waals surface area contributed by atoms with Gasteiger partial charge in [0.25, 0.3) is 5.91 Å². The lowest BCUT2D eigenvalue weighted by atomic mass is 10.1. The summed E-state index contributed by atoms with van der Waals surface area (Å²) in [5, 5.41) is 6.98. The molecule has 1 amide bonds. The molecule has 5 nitrogen and oxygen atoms in total. The van der Waals surface area contributed by atoms with Crippen LogP contribution in [0.15, 0.2) is 48.5 Å². The number of nitrogens with one attached hydrogen (secondary N) is 1. The van der Waals surface area contributed by atoms with Gasteiger partial charge < -0.3 is 5.32 Å². The Balaban J connectivity index is 1.86. The highest BCUT2D eigenvalue weighted by Gasteiger charge is 2.15. The molecule has 0 saturated carbocycles. The molecule has 0 aliphatic heterocycles. The number of aryl methyl sites for hydroxylation is 2. The molecular formula is C20H18FN3O2. The zero-order chi connectivity index (χ0) is 18.8. The lowest BCUT2D eigenvalue weighted by Gasteiger charge is -2.04. The third-order valence-electron chi connectivity index (χ3n) is 4.09. The number of hydrogen-bond acceptors (Lipinski definition) is 3. The van der Waals surface area contributed by atoms with Crippen molar-refractivity contribution in [1.82, 2.24) is 9.78 Å². The summed E-state index contributed by atoms with van der Waals surface area (Å²) in [4.78, 5) is 23.9. The maximum absolute atomic E-state index is 13.5. The van der Waals surface area contributed by atoms with Gasteiger partial charge in [-0.15, -0.1) is 0 Å². The molecule has 1 aromatic heterocycles. The number of nitrogens with zero attached hydrogens (tertiary/aromatic N) is 2. The third kappa shape index (κ3) is 3.54. The van der Waals surface area contributed by atoms with Gasteiger partial charge in [-0.2, -0.15) is 5.10 Å². The molecule has 0 spiro atoms. The van der Waals surface area contributed by atoms with Crippen LogP contribution in [0.3, 0.4) is 0 Å². The van der Waals surface area contributed by atoms with Crippen molar-refractivity contribution in [3.8, 4) is 11.3 Å². The number of benzene rings is 2. The molecule has 3 aromatic rings. The van der Waals surface area contributed by atoms with Crippen molar-refractivity contribution in [2.45, 2.75) is 13.8 Å². The Bertz CT molecular complexity index is 1010. The Hall–Kier alpha value is -3.28. The summed E-state index contributed by atoms with van der Waals surface area (Å²) in [5.74, 6) is -0.737. The first-order chi connectivity index (χ1) is 12.3. The second kappa shape index (κ2) is 6.92. The number of carbonyl (C=O) groups excluding carboxylic acids is 2. The van der Waals surface area contributed by atoms with Gasteiger partial charge in [0.05, 0.1) is 5.69 Å². The predicted molar refractivity (Wildman–Crippen MR) is 97.7 cm³/mol. The van der Waals surface area contributed by atoms with E-state index in [-0.39, 0.29) is 23.2 Å². The number of rotatable bonds is 4. The molecule has 6 heteroatoms. The van der Waals surface area contributed by atoms with Crippen molar-refractivity contribution in [2.75, 3.05) is 5.32 Å². The van der Waals surface area contributed by atoms with Crippen molar-refractivity contribution in [3.63, 3.8) is 0 Å². The summed E-state index contributed by atoms with van der Waals surface area (Å²) in [5.41, 5.74) is 3.28. The van der Waals surface area contributed by atoms with E-state index in [0.717, 1.165) is 5.56 Å². The quantitative estimate of drug-likeness (QED) is 0.723. The van der Waals surface area contributed by atoms with E-state index in [0.29, 0.717) is 22.5 Å². The smallest absolute Gasteiger partial charge is 0.276 e. The van der Waals surface area contributed by atoms with E-state index in [4.69, 9.17) is 0 Å². The second-order valence-electron chi connectivity index (χ2n) is 6.09. The Kier molecular flexibility index (Phi) is 4.67. The first-order valence-electron chi connectivity index (χ1n) is 8.08. The van der Waals surface area contributed by atoms with Gasteiger partial charge in [-0.25, -0.2) is 4.39 Å². The van der Waals surface area contributed by atoms with Gasteiger partial charge in [-0.3, -0.25) is 14.3 Å². The van der Waals surface area contributed by atoms with Gasteiger partial charge in [0.2, 0.25) is 0 Å². The molecule has 0 unspecified atom stereocenters. The first-order valence-corrected chi connectivity index (χ1v) is 8.08. The number of ketones is 1. The van der Waals surface area contributed by atoms with Gasteiger partial charge in [0.1, 0.15) is 5.82 Å². The summed E-state index contributed by atoms with van der Waals surface area (Å²) in [6, 6.07) is 13.1. The Morgan fingerprint density at radius 2 is 1.88 bits per heavy atom. The van der Waals surface area contributed by atoms with Crippen LogP contribution < -0.4 is 5.32 Å². The molecule has 0 fully saturated rings. The number of anilines is 1. The van der Waals surface area contributed by atoms with Crippen LogP contribution in [0.5, 0.6) is 0 Å². The second-order valence-corrected chi connectivity index (χ2v) is 6.09. The lowest BCUT2D eigenvalue weighted by Crippen LogP contribution is -2.13. The van der Waals surface area contributed by atoms with Crippen LogP contribution in [0.25, 0.3) is 11.3 Å². The Morgan fingerprint density at radius 3 is 2.58 bits per heavy atom. The molecule has 132 valence electrons. The standard InChI is InChI=1S/C20H18FN3O2/c1-12-9-15(7-8-17(12)21)19-11-18(23-24(19)3)20(26)22-16-6-4-5-14(10-16)13(2)25/h4-11H,1-3H3,(H,22,26). The van der Waals surface area contributed by atoms with Crippen molar-refractivity contribution >= 4 is 17.4 Å². The molecule has 3 rings (SSSR count). The summed E-state index contributed by atoms with van der Waals surface area (Å²) >= 11 is 0. The van der Waals surface area contributed by atoms with Crippen LogP contribution in [0.1, 0.15) is 33.3 Å². The fraction of sp³-hybridized carbons (Fsp3) is 0.150.